The van der Waals surface area contributed by atoms with Crippen molar-refractivity contribution in [2.75, 3.05) is 12.3 Å². The average Bonchev–Trinajstić information content (AvgIpc) is 2.27. The van der Waals surface area contributed by atoms with Crippen LogP contribution in [0.15, 0.2) is 29.2 Å². The van der Waals surface area contributed by atoms with Crippen molar-refractivity contribution in [3.05, 3.63) is 30.1 Å². The summed E-state index contributed by atoms with van der Waals surface area (Å²) in [5.74, 6) is 1.48. The van der Waals surface area contributed by atoms with E-state index in [2.05, 4.69) is 26.1 Å². The fourth-order valence-corrected chi connectivity index (χ4v) is 2.84. The van der Waals surface area contributed by atoms with Gasteiger partial charge in [-0.1, -0.05) is 32.9 Å². The van der Waals surface area contributed by atoms with Crippen LogP contribution in [0.4, 0.5) is 4.39 Å². The summed E-state index contributed by atoms with van der Waals surface area (Å²) in [5.41, 5.74) is 0. The van der Waals surface area contributed by atoms with Crippen LogP contribution in [0.3, 0.4) is 0 Å². The molecule has 0 fully saturated rings. The molecule has 0 aliphatic rings. The maximum Gasteiger partial charge on any atom is 0.136 e. The Morgan fingerprint density at radius 3 is 2.59 bits per heavy atom. The molecule has 1 atom stereocenters. The number of hydrogen-bond donors (Lipinski definition) is 1. The van der Waals surface area contributed by atoms with Crippen LogP contribution in [0.5, 0.6) is 0 Å². The lowest BCUT2D eigenvalue weighted by atomic mass is 10.1. The number of nitrogens with one attached hydrogen (secondary N) is 1. The smallest absolute Gasteiger partial charge is 0.136 e. The van der Waals surface area contributed by atoms with E-state index in [4.69, 9.17) is 0 Å². The predicted octanol–water partition coefficient (Wildman–Crippen LogP) is 3.94. The molecule has 1 aromatic carbocycles. The van der Waals surface area contributed by atoms with Crippen LogP contribution >= 0.6 is 11.8 Å². The molecule has 0 amide bonds. The maximum absolute atomic E-state index is 13.4. The van der Waals surface area contributed by atoms with Gasteiger partial charge in [-0.3, -0.25) is 0 Å². The molecular formula is C14H22FNS. The van der Waals surface area contributed by atoms with Crippen molar-refractivity contribution < 1.29 is 4.39 Å². The molecule has 0 aliphatic carbocycles. The van der Waals surface area contributed by atoms with E-state index in [1.54, 1.807) is 17.8 Å². The number of thioether (sulfide) groups is 1. The van der Waals surface area contributed by atoms with Crippen LogP contribution < -0.4 is 5.32 Å². The van der Waals surface area contributed by atoms with Gasteiger partial charge in [0.1, 0.15) is 5.82 Å². The monoisotopic (exact) mass is 255 g/mol. The zero-order valence-corrected chi connectivity index (χ0v) is 11.7. The van der Waals surface area contributed by atoms with Gasteiger partial charge in [0.05, 0.1) is 0 Å². The third-order valence-electron chi connectivity index (χ3n) is 2.53. The molecule has 0 radical (unpaired) electrons. The summed E-state index contributed by atoms with van der Waals surface area (Å²) in [5, 5.41) is 3.46. The summed E-state index contributed by atoms with van der Waals surface area (Å²) < 4.78 is 13.4. The van der Waals surface area contributed by atoms with Gasteiger partial charge in [0.2, 0.25) is 0 Å². The maximum atomic E-state index is 13.4. The average molecular weight is 255 g/mol. The highest BCUT2D eigenvalue weighted by Crippen LogP contribution is 2.23. The van der Waals surface area contributed by atoms with Crippen molar-refractivity contribution in [1.29, 1.82) is 0 Å². The molecule has 0 saturated heterocycles. The van der Waals surface area contributed by atoms with Crippen LogP contribution in [0.1, 0.15) is 27.2 Å². The van der Waals surface area contributed by atoms with Crippen LogP contribution in [0.25, 0.3) is 0 Å². The van der Waals surface area contributed by atoms with Gasteiger partial charge < -0.3 is 5.32 Å². The molecule has 0 saturated carbocycles. The first-order chi connectivity index (χ1) is 8.13. The first kappa shape index (κ1) is 14.5. The Morgan fingerprint density at radius 2 is 2.00 bits per heavy atom. The van der Waals surface area contributed by atoms with E-state index in [0.717, 1.165) is 23.6 Å². The Bertz CT molecular complexity index is 328. The Hall–Kier alpha value is -0.540. The largest absolute Gasteiger partial charge is 0.313 e. The van der Waals surface area contributed by atoms with E-state index in [0.29, 0.717) is 12.0 Å². The first-order valence-corrected chi connectivity index (χ1v) is 7.22. The Morgan fingerprint density at radius 1 is 1.29 bits per heavy atom. The standard InChI is InChI=1S/C14H22FNS/c1-4-16-12(9-11(2)3)10-17-14-8-6-5-7-13(14)15/h5-8,11-12,16H,4,9-10H2,1-3H3. The predicted molar refractivity (Wildman–Crippen MR) is 74.0 cm³/mol. The van der Waals surface area contributed by atoms with Crippen molar-refractivity contribution in [1.82, 2.24) is 5.32 Å². The number of benzene rings is 1. The van der Waals surface area contributed by atoms with Crippen LogP contribution in [0.2, 0.25) is 0 Å². The second-order valence-electron chi connectivity index (χ2n) is 4.63. The van der Waals surface area contributed by atoms with Gasteiger partial charge in [0.25, 0.3) is 0 Å². The molecule has 0 heterocycles. The zero-order chi connectivity index (χ0) is 12.7. The molecule has 96 valence electrons. The van der Waals surface area contributed by atoms with E-state index < -0.39 is 0 Å². The summed E-state index contributed by atoms with van der Waals surface area (Å²) in [6, 6.07) is 7.45. The Kier molecular flexibility index (Phi) is 6.60. The molecular weight excluding hydrogens is 233 g/mol. The molecule has 1 rings (SSSR count). The minimum Gasteiger partial charge on any atom is -0.313 e. The van der Waals surface area contributed by atoms with Crippen LogP contribution in [0, 0.1) is 11.7 Å². The second kappa shape index (κ2) is 7.72. The van der Waals surface area contributed by atoms with Gasteiger partial charge in [0.15, 0.2) is 0 Å². The molecule has 3 heteroatoms. The van der Waals surface area contributed by atoms with E-state index in [1.165, 1.54) is 6.07 Å². The fraction of sp³-hybridized carbons (Fsp3) is 0.571. The van der Waals surface area contributed by atoms with Crippen molar-refractivity contribution >= 4 is 11.8 Å². The normalized spacial score (nSPS) is 13.0. The topological polar surface area (TPSA) is 12.0 Å². The van der Waals surface area contributed by atoms with E-state index in [9.17, 15) is 4.39 Å². The lowest BCUT2D eigenvalue weighted by molar-refractivity contribution is 0.456. The highest BCUT2D eigenvalue weighted by molar-refractivity contribution is 7.99. The third kappa shape index (κ3) is 5.55. The van der Waals surface area contributed by atoms with Crippen LogP contribution in [-0.4, -0.2) is 18.3 Å². The molecule has 1 unspecified atom stereocenters. The van der Waals surface area contributed by atoms with Crippen molar-refractivity contribution in [2.24, 2.45) is 5.92 Å². The van der Waals surface area contributed by atoms with Crippen LogP contribution in [-0.2, 0) is 0 Å². The molecule has 1 N–H and O–H groups in total. The van der Waals surface area contributed by atoms with Gasteiger partial charge in [-0.05, 0) is 31.0 Å². The van der Waals surface area contributed by atoms with Gasteiger partial charge in [-0.2, -0.15) is 0 Å². The van der Waals surface area contributed by atoms with Gasteiger partial charge in [0, 0.05) is 16.7 Å². The highest BCUT2D eigenvalue weighted by atomic mass is 32.2. The minimum absolute atomic E-state index is 0.114. The van der Waals surface area contributed by atoms with E-state index in [-0.39, 0.29) is 5.82 Å². The second-order valence-corrected chi connectivity index (χ2v) is 5.69. The molecule has 1 nitrogen and oxygen atoms in total. The lowest BCUT2D eigenvalue weighted by Gasteiger charge is -2.19. The highest BCUT2D eigenvalue weighted by Gasteiger charge is 2.11. The Balaban J connectivity index is 2.48. The lowest BCUT2D eigenvalue weighted by Crippen LogP contribution is -2.32. The summed E-state index contributed by atoms with van der Waals surface area (Å²) >= 11 is 1.60. The number of rotatable bonds is 7. The molecule has 0 spiro atoms. The summed E-state index contributed by atoms with van der Waals surface area (Å²) in [7, 11) is 0. The zero-order valence-electron chi connectivity index (χ0n) is 10.9. The van der Waals surface area contributed by atoms with Crippen molar-refractivity contribution in [2.45, 2.75) is 38.1 Å². The van der Waals surface area contributed by atoms with Crippen molar-refractivity contribution in [3.63, 3.8) is 0 Å². The van der Waals surface area contributed by atoms with E-state index in [1.807, 2.05) is 12.1 Å². The van der Waals surface area contributed by atoms with Gasteiger partial charge in [-0.15, -0.1) is 11.8 Å². The fourth-order valence-electron chi connectivity index (χ4n) is 1.82. The summed E-state index contributed by atoms with van der Waals surface area (Å²) in [6.45, 7) is 7.52. The molecule has 17 heavy (non-hydrogen) atoms. The molecule has 1 aromatic rings. The molecule has 0 aliphatic heterocycles. The third-order valence-corrected chi connectivity index (χ3v) is 3.74. The van der Waals surface area contributed by atoms with E-state index >= 15 is 0 Å². The summed E-state index contributed by atoms with van der Waals surface area (Å²) in [4.78, 5) is 0.749. The minimum atomic E-state index is -0.114. The Labute approximate surface area is 108 Å². The molecule has 0 bridgehead atoms. The van der Waals surface area contributed by atoms with Gasteiger partial charge in [-0.25, -0.2) is 4.39 Å². The summed E-state index contributed by atoms with van der Waals surface area (Å²) in [6.07, 6.45) is 1.13. The van der Waals surface area contributed by atoms with Gasteiger partial charge >= 0.3 is 0 Å². The first-order valence-electron chi connectivity index (χ1n) is 6.24. The van der Waals surface area contributed by atoms with Crippen molar-refractivity contribution in [3.8, 4) is 0 Å². The number of hydrogen-bond acceptors (Lipinski definition) is 2. The molecule has 0 aromatic heterocycles. The SMILES string of the molecule is CCNC(CSc1ccccc1F)CC(C)C. The quantitative estimate of drug-likeness (QED) is 0.741. The number of halogens is 1.